The average Bonchev–Trinajstić information content (AvgIpc) is 3.60. The van der Waals surface area contributed by atoms with Crippen molar-refractivity contribution in [3.05, 3.63) is 65.9 Å². The van der Waals surface area contributed by atoms with Crippen LogP contribution in [0.2, 0.25) is 0 Å². The molecule has 7 rings (SSSR count). The lowest BCUT2D eigenvalue weighted by Gasteiger charge is -2.23. The van der Waals surface area contributed by atoms with Gasteiger partial charge in [-0.05, 0) is 80.0 Å². The zero-order valence-corrected chi connectivity index (χ0v) is 22.5. The van der Waals surface area contributed by atoms with E-state index in [4.69, 9.17) is 0 Å². The maximum absolute atomic E-state index is 13.0. The molecule has 4 aromatic rings. The van der Waals surface area contributed by atoms with Crippen LogP contribution in [-0.2, 0) is 27.5 Å². The van der Waals surface area contributed by atoms with Gasteiger partial charge in [0, 0.05) is 35.8 Å². The van der Waals surface area contributed by atoms with Gasteiger partial charge in [-0.25, -0.2) is 13.4 Å². The maximum Gasteiger partial charge on any atom is 0.239 e. The highest BCUT2D eigenvalue weighted by Gasteiger charge is 2.36. The molecule has 3 aliphatic rings. The molecule has 2 aromatic carbocycles. The van der Waals surface area contributed by atoms with Crippen molar-refractivity contribution >= 4 is 26.8 Å². The van der Waals surface area contributed by atoms with Gasteiger partial charge in [0.1, 0.15) is 0 Å². The molecule has 2 aliphatic heterocycles. The van der Waals surface area contributed by atoms with Crippen LogP contribution in [0.4, 0.5) is 0 Å². The Morgan fingerprint density at radius 2 is 1.67 bits per heavy atom. The summed E-state index contributed by atoms with van der Waals surface area (Å²) in [5.41, 5.74) is 6.96. The van der Waals surface area contributed by atoms with Crippen LogP contribution in [0.1, 0.15) is 36.8 Å². The first-order chi connectivity index (χ1) is 19.0. The molecule has 9 heteroatoms. The van der Waals surface area contributed by atoms with Crippen LogP contribution >= 0.6 is 0 Å². The number of benzene rings is 2. The van der Waals surface area contributed by atoms with E-state index in [1.165, 1.54) is 11.1 Å². The van der Waals surface area contributed by atoms with Crippen LogP contribution in [0.25, 0.3) is 33.4 Å². The molecule has 0 bridgehead atoms. The van der Waals surface area contributed by atoms with Crippen molar-refractivity contribution in [3.63, 3.8) is 0 Å². The number of hydrogen-bond acceptors (Lipinski definition) is 6. The van der Waals surface area contributed by atoms with Crippen molar-refractivity contribution in [3.8, 4) is 22.4 Å². The first-order valence-corrected chi connectivity index (χ1v) is 15.3. The van der Waals surface area contributed by atoms with Gasteiger partial charge in [-0.3, -0.25) is 9.89 Å². The molecule has 2 fully saturated rings. The Balaban J connectivity index is 1.15. The zero-order valence-electron chi connectivity index (χ0n) is 21.7. The van der Waals surface area contributed by atoms with Crippen LogP contribution in [0.15, 0.2) is 59.6 Å². The van der Waals surface area contributed by atoms with Crippen molar-refractivity contribution in [2.45, 2.75) is 54.7 Å². The summed E-state index contributed by atoms with van der Waals surface area (Å²) in [5, 5.41) is 11.5. The summed E-state index contributed by atoms with van der Waals surface area (Å²) in [4.78, 5) is 20.0. The minimum absolute atomic E-state index is 0.0254. The molecule has 0 unspecified atom stereocenters. The number of nitrogens with zero attached hydrogens (tertiary/aromatic N) is 3. The van der Waals surface area contributed by atoms with Gasteiger partial charge in [0.15, 0.2) is 15.5 Å². The molecule has 39 heavy (non-hydrogen) atoms. The third-order valence-corrected chi connectivity index (χ3v) is 10.6. The standard InChI is InChI=1S/C30H31N5O3S/c36-30(27-2-1-13-31-27)35-14-11-19-3-4-21(16-22(19)12-15-35)23-17-26-28(33-34-29(26)32-18-23)20-5-7-24(8-6-20)39(37,38)25-9-10-25/h3-8,16-18,25,27,31H,1-2,9-15H2,(H,32,33,34)/t27-/m1/s1. The van der Waals surface area contributed by atoms with E-state index in [2.05, 4.69) is 44.8 Å². The van der Waals surface area contributed by atoms with E-state index in [-0.39, 0.29) is 17.2 Å². The van der Waals surface area contributed by atoms with Crippen molar-refractivity contribution in [1.29, 1.82) is 0 Å². The SMILES string of the molecule is O=C([C@H]1CCCN1)N1CCc2ccc(-c3cnc4n[nH]c(-c5ccc(S(=O)(=O)C6CC6)cc5)c4c3)cc2CC1. The number of nitrogens with one attached hydrogen (secondary N) is 2. The lowest BCUT2D eigenvalue weighted by atomic mass is 9.96. The predicted molar refractivity (Wildman–Crippen MR) is 150 cm³/mol. The number of hydrogen-bond donors (Lipinski definition) is 2. The van der Waals surface area contributed by atoms with E-state index in [1.807, 2.05) is 23.2 Å². The van der Waals surface area contributed by atoms with Gasteiger partial charge in [-0.15, -0.1) is 0 Å². The third kappa shape index (κ3) is 4.53. The Morgan fingerprint density at radius 1 is 0.897 bits per heavy atom. The molecule has 2 aromatic heterocycles. The minimum atomic E-state index is -3.22. The number of rotatable bonds is 5. The summed E-state index contributed by atoms with van der Waals surface area (Å²) in [7, 11) is -3.22. The highest BCUT2D eigenvalue weighted by molar-refractivity contribution is 7.92. The number of carbonyl (C=O) groups excluding carboxylic acids is 1. The van der Waals surface area contributed by atoms with E-state index >= 15 is 0 Å². The number of H-pyrrole nitrogens is 1. The fourth-order valence-corrected chi connectivity index (χ4v) is 7.56. The van der Waals surface area contributed by atoms with Crippen LogP contribution in [0, 0.1) is 0 Å². The summed E-state index contributed by atoms with van der Waals surface area (Å²) in [6.07, 6.45) is 7.05. The van der Waals surface area contributed by atoms with Crippen LogP contribution in [0.3, 0.4) is 0 Å². The number of sulfone groups is 1. The Kier molecular flexibility index (Phi) is 6.01. The molecule has 200 valence electrons. The molecule has 1 aliphatic carbocycles. The lowest BCUT2D eigenvalue weighted by molar-refractivity contribution is -0.132. The summed E-state index contributed by atoms with van der Waals surface area (Å²) < 4.78 is 25.2. The second-order valence-corrected chi connectivity index (χ2v) is 13.1. The second-order valence-electron chi connectivity index (χ2n) is 10.9. The minimum Gasteiger partial charge on any atom is -0.341 e. The van der Waals surface area contributed by atoms with E-state index in [9.17, 15) is 13.2 Å². The number of aromatic amines is 1. The van der Waals surface area contributed by atoms with Crippen molar-refractivity contribution in [2.75, 3.05) is 19.6 Å². The summed E-state index contributed by atoms with van der Waals surface area (Å²) in [5.74, 6) is 0.237. The van der Waals surface area contributed by atoms with E-state index in [0.29, 0.717) is 10.5 Å². The number of pyridine rings is 1. The molecule has 0 spiro atoms. The van der Waals surface area contributed by atoms with Gasteiger partial charge in [0.2, 0.25) is 5.91 Å². The number of amides is 1. The largest absolute Gasteiger partial charge is 0.341 e. The number of carbonyl (C=O) groups is 1. The topological polar surface area (TPSA) is 108 Å². The summed E-state index contributed by atoms with van der Waals surface area (Å²) in [6.45, 7) is 2.43. The van der Waals surface area contributed by atoms with Crippen LogP contribution in [-0.4, -0.2) is 65.3 Å². The highest BCUT2D eigenvalue weighted by atomic mass is 32.2. The van der Waals surface area contributed by atoms with Gasteiger partial charge >= 0.3 is 0 Å². The molecule has 8 nitrogen and oxygen atoms in total. The van der Waals surface area contributed by atoms with Gasteiger partial charge in [0.25, 0.3) is 0 Å². The molecule has 2 N–H and O–H groups in total. The quantitative estimate of drug-likeness (QED) is 0.397. The highest BCUT2D eigenvalue weighted by Crippen LogP contribution is 2.35. The van der Waals surface area contributed by atoms with Gasteiger partial charge < -0.3 is 10.2 Å². The Morgan fingerprint density at radius 3 is 2.41 bits per heavy atom. The normalized spacial score (nSPS) is 19.7. The molecular weight excluding hydrogens is 510 g/mol. The Bertz CT molecular complexity index is 1670. The fourth-order valence-electron chi connectivity index (χ4n) is 5.90. The molecule has 1 saturated carbocycles. The Labute approximate surface area is 227 Å². The molecule has 1 saturated heterocycles. The number of fused-ring (bicyclic) bond motifs is 2. The first-order valence-electron chi connectivity index (χ1n) is 13.8. The number of aromatic nitrogens is 3. The molecule has 1 amide bonds. The first kappa shape index (κ1) is 24.5. The molecule has 0 radical (unpaired) electrons. The summed E-state index contributed by atoms with van der Waals surface area (Å²) >= 11 is 0. The van der Waals surface area contributed by atoms with E-state index < -0.39 is 9.84 Å². The zero-order chi connectivity index (χ0) is 26.6. The van der Waals surface area contributed by atoms with Gasteiger partial charge in [-0.2, -0.15) is 5.10 Å². The van der Waals surface area contributed by atoms with Gasteiger partial charge in [-0.1, -0.05) is 30.3 Å². The van der Waals surface area contributed by atoms with Crippen molar-refractivity contribution in [1.82, 2.24) is 25.4 Å². The van der Waals surface area contributed by atoms with Crippen molar-refractivity contribution in [2.24, 2.45) is 0 Å². The summed E-state index contributed by atoms with van der Waals surface area (Å²) in [6, 6.07) is 15.7. The third-order valence-electron chi connectivity index (χ3n) is 8.36. The van der Waals surface area contributed by atoms with Crippen LogP contribution < -0.4 is 5.32 Å². The van der Waals surface area contributed by atoms with Crippen molar-refractivity contribution < 1.29 is 13.2 Å². The van der Waals surface area contributed by atoms with E-state index in [1.54, 1.807) is 12.1 Å². The second kappa shape index (κ2) is 9.57. The monoisotopic (exact) mass is 541 g/mol. The smallest absolute Gasteiger partial charge is 0.239 e. The van der Waals surface area contributed by atoms with E-state index in [0.717, 1.165) is 85.9 Å². The predicted octanol–water partition coefficient (Wildman–Crippen LogP) is 3.91. The maximum atomic E-state index is 13.0. The molecule has 1 atom stereocenters. The molecular formula is C30H31N5O3S. The molecule has 4 heterocycles. The average molecular weight is 542 g/mol. The lowest BCUT2D eigenvalue weighted by Crippen LogP contribution is -2.44. The Hall–Kier alpha value is -3.56. The van der Waals surface area contributed by atoms with Crippen LogP contribution in [0.5, 0.6) is 0 Å². The fraction of sp³-hybridized carbons (Fsp3) is 0.367. The van der Waals surface area contributed by atoms with Gasteiger partial charge in [0.05, 0.1) is 21.9 Å².